The molecule has 0 N–H and O–H groups in total. The number of pyridine rings is 2. The van der Waals surface area contributed by atoms with Gasteiger partial charge >= 0.3 is 0 Å². The molecule has 0 bridgehead atoms. The van der Waals surface area contributed by atoms with E-state index in [4.69, 9.17) is 22.0 Å². The van der Waals surface area contributed by atoms with E-state index >= 15 is 0 Å². The molecule has 10 aromatic rings. The highest BCUT2D eigenvalue weighted by Crippen LogP contribution is 2.45. The maximum absolute atomic E-state index is 7.43. The third-order valence-corrected chi connectivity index (χ3v) is 10.9. The molecule has 0 saturated heterocycles. The molecule has 6 heteroatoms. The Morgan fingerprint density at radius 2 is 0.931 bits per heavy atom. The average Bonchev–Trinajstić information content (AvgIpc) is 3.83. The Morgan fingerprint density at radius 1 is 0.466 bits per heavy atom. The monoisotopic (exact) mass is 750 g/mol. The summed E-state index contributed by atoms with van der Waals surface area (Å²) in [5.41, 5.74) is 15.7. The summed E-state index contributed by atoms with van der Waals surface area (Å²) in [6.45, 7) is 19.0. The van der Waals surface area contributed by atoms with Crippen LogP contribution in [0.1, 0.15) is 11.1 Å². The number of benzene rings is 6. The summed E-state index contributed by atoms with van der Waals surface area (Å²) >= 11 is 0. The van der Waals surface area contributed by atoms with Gasteiger partial charge in [-0.1, -0.05) is 78.9 Å². The normalized spacial score (nSPS) is 11.1. The van der Waals surface area contributed by atoms with Crippen molar-refractivity contribution in [3.05, 3.63) is 192 Å². The summed E-state index contributed by atoms with van der Waals surface area (Å²) in [6, 6.07) is 49.0. The van der Waals surface area contributed by atoms with Crippen molar-refractivity contribution >= 4 is 55.3 Å². The quantitative estimate of drug-likeness (QED) is 0.133. The molecule has 4 aromatic heterocycles. The largest absolute Gasteiger partial charge is 0.456 e. The number of fused-ring (bicyclic) bond motifs is 6. The van der Waals surface area contributed by atoms with Crippen molar-refractivity contribution < 1.29 is 18.0 Å². The standard InChI is InChI=1S/2C26H19N2O/c1-17-15-20(18-9-5-4-6-10-18)25-21-16-19(27-2)12-13-23(21)29-26(25)24(17)22-11-7-8-14-28(22)3;1-17-15-21(18-9-5-4-6-10-18)25-20-13-12-19(27-2)16-23(20)29-26(25)24(17)22-11-7-8-14-28(22)3/h2*4-16H,1,3H3/q2*+1. The van der Waals surface area contributed by atoms with E-state index in [0.29, 0.717) is 11.4 Å². The first-order valence-corrected chi connectivity index (χ1v) is 19.1. The van der Waals surface area contributed by atoms with Gasteiger partial charge in [-0.2, -0.15) is 0 Å². The SMILES string of the molecule is [C-]#[N+]c1ccc2c(c1)oc1c(-c3cccc[n+]3C)c(C)cc(-c3ccccc3)c12.[C-]#[N+]c1ccc2oc3c(-c4cccc[n+]4C)c(C)cc(-c4ccccc4)c3c2c1. The van der Waals surface area contributed by atoms with E-state index in [1.807, 2.05) is 99.3 Å². The number of aryl methyl sites for hydroxylation is 4. The van der Waals surface area contributed by atoms with Crippen LogP contribution in [0.3, 0.4) is 0 Å². The molecule has 0 radical (unpaired) electrons. The first-order valence-electron chi connectivity index (χ1n) is 19.1. The molecule has 58 heavy (non-hydrogen) atoms. The molecule has 0 spiro atoms. The van der Waals surface area contributed by atoms with Crippen LogP contribution in [0.25, 0.3) is 98.3 Å². The van der Waals surface area contributed by atoms with Crippen molar-refractivity contribution in [3.8, 4) is 44.8 Å². The topological polar surface area (TPSA) is 42.8 Å². The zero-order valence-electron chi connectivity index (χ0n) is 32.6. The maximum atomic E-state index is 7.43. The highest BCUT2D eigenvalue weighted by atomic mass is 16.3. The smallest absolute Gasteiger partial charge is 0.216 e. The molecule has 0 fully saturated rings. The summed E-state index contributed by atoms with van der Waals surface area (Å²) in [5, 5.41) is 4.16. The first kappa shape index (κ1) is 35.9. The van der Waals surface area contributed by atoms with Crippen LogP contribution in [0.5, 0.6) is 0 Å². The van der Waals surface area contributed by atoms with E-state index in [1.54, 1.807) is 0 Å². The number of hydrogen-bond donors (Lipinski definition) is 0. The van der Waals surface area contributed by atoms with Gasteiger partial charge in [0.25, 0.3) is 0 Å². The second kappa shape index (κ2) is 14.7. The minimum absolute atomic E-state index is 0.585. The van der Waals surface area contributed by atoms with Crippen molar-refractivity contribution in [2.75, 3.05) is 0 Å². The van der Waals surface area contributed by atoms with Gasteiger partial charge in [0, 0.05) is 45.8 Å². The molecule has 0 aliphatic carbocycles. The molecule has 4 heterocycles. The molecule has 6 nitrogen and oxygen atoms in total. The van der Waals surface area contributed by atoms with Gasteiger partial charge in [-0.15, -0.1) is 0 Å². The van der Waals surface area contributed by atoms with Gasteiger partial charge in [-0.3, -0.25) is 0 Å². The van der Waals surface area contributed by atoms with Crippen LogP contribution in [0.15, 0.2) is 167 Å². The zero-order chi connectivity index (χ0) is 39.9. The lowest BCUT2D eigenvalue weighted by Crippen LogP contribution is -2.30. The van der Waals surface area contributed by atoms with Gasteiger partial charge < -0.3 is 8.83 Å². The fourth-order valence-electron chi connectivity index (χ4n) is 8.17. The molecular weight excluding hydrogens is 713 g/mol. The molecule has 0 saturated carbocycles. The molecular formula is C52H38N4O2+2. The molecule has 6 aromatic carbocycles. The Bertz CT molecular complexity index is 3230. The molecule has 0 aliphatic rings. The van der Waals surface area contributed by atoms with E-state index in [2.05, 4.69) is 105 Å². The average molecular weight is 751 g/mol. The number of hydrogen-bond acceptors (Lipinski definition) is 2. The highest BCUT2D eigenvalue weighted by molar-refractivity contribution is 6.18. The van der Waals surface area contributed by atoms with Gasteiger partial charge in [0.1, 0.15) is 36.4 Å². The lowest BCUT2D eigenvalue weighted by atomic mass is 9.92. The van der Waals surface area contributed by atoms with Gasteiger partial charge in [-0.05, 0) is 89.7 Å². The fourth-order valence-corrected chi connectivity index (χ4v) is 8.17. The fraction of sp³-hybridized carbons (Fsp3) is 0.0769. The molecule has 0 amide bonds. The number of furan rings is 2. The predicted octanol–water partition coefficient (Wildman–Crippen LogP) is 13.2. The third kappa shape index (κ3) is 6.14. The van der Waals surface area contributed by atoms with Crippen LogP contribution in [-0.4, -0.2) is 0 Å². The minimum Gasteiger partial charge on any atom is -0.456 e. The second-order valence-electron chi connectivity index (χ2n) is 14.6. The molecule has 0 unspecified atom stereocenters. The predicted molar refractivity (Wildman–Crippen MR) is 234 cm³/mol. The van der Waals surface area contributed by atoms with Crippen LogP contribution in [-0.2, 0) is 14.1 Å². The van der Waals surface area contributed by atoms with Crippen molar-refractivity contribution in [1.82, 2.24) is 0 Å². The summed E-state index contributed by atoms with van der Waals surface area (Å²) in [6.07, 6.45) is 4.09. The number of nitrogens with zero attached hydrogens (tertiary/aromatic N) is 4. The molecule has 10 rings (SSSR count). The number of aromatic nitrogens is 2. The second-order valence-corrected chi connectivity index (χ2v) is 14.6. The van der Waals surface area contributed by atoms with Crippen LogP contribution in [0.4, 0.5) is 11.4 Å². The summed E-state index contributed by atoms with van der Waals surface area (Å²) in [5.74, 6) is 0. The van der Waals surface area contributed by atoms with Crippen molar-refractivity contribution in [3.63, 3.8) is 0 Å². The van der Waals surface area contributed by atoms with Crippen LogP contribution in [0.2, 0.25) is 0 Å². The molecule has 0 atom stereocenters. The Hall–Kier alpha value is -7.80. The molecule has 0 aliphatic heterocycles. The van der Waals surface area contributed by atoms with Crippen LogP contribution < -0.4 is 9.13 Å². The Kier molecular flexibility index (Phi) is 9.09. The summed E-state index contributed by atoms with van der Waals surface area (Å²) in [7, 11) is 4.09. The highest BCUT2D eigenvalue weighted by Gasteiger charge is 2.25. The third-order valence-electron chi connectivity index (χ3n) is 10.9. The van der Waals surface area contributed by atoms with E-state index in [9.17, 15) is 0 Å². The van der Waals surface area contributed by atoms with Gasteiger partial charge in [0.05, 0.1) is 24.3 Å². The van der Waals surface area contributed by atoms with Crippen molar-refractivity contribution in [2.24, 2.45) is 14.1 Å². The van der Waals surface area contributed by atoms with E-state index in [1.165, 1.54) is 0 Å². The Labute approximate surface area is 336 Å². The first-order chi connectivity index (χ1) is 28.3. The van der Waals surface area contributed by atoms with Crippen LogP contribution in [0, 0.1) is 27.0 Å². The van der Waals surface area contributed by atoms with Crippen molar-refractivity contribution in [1.29, 1.82) is 0 Å². The van der Waals surface area contributed by atoms with E-state index in [-0.39, 0.29) is 0 Å². The van der Waals surface area contributed by atoms with E-state index < -0.39 is 0 Å². The van der Waals surface area contributed by atoms with Gasteiger partial charge in [-0.25, -0.2) is 18.8 Å². The minimum atomic E-state index is 0.585. The molecule has 276 valence electrons. The van der Waals surface area contributed by atoms with Gasteiger partial charge in [0.15, 0.2) is 23.8 Å². The lowest BCUT2D eigenvalue weighted by Gasteiger charge is -2.10. The summed E-state index contributed by atoms with van der Waals surface area (Å²) < 4.78 is 17.1. The van der Waals surface area contributed by atoms with E-state index in [0.717, 1.165) is 99.8 Å². The zero-order valence-corrected chi connectivity index (χ0v) is 32.6. The summed E-state index contributed by atoms with van der Waals surface area (Å²) in [4.78, 5) is 7.20. The van der Waals surface area contributed by atoms with Crippen molar-refractivity contribution in [2.45, 2.75) is 13.8 Å². The maximum Gasteiger partial charge on any atom is 0.216 e. The Balaban J connectivity index is 0.000000150. The van der Waals surface area contributed by atoms with Gasteiger partial charge in [0.2, 0.25) is 11.4 Å². The Morgan fingerprint density at radius 3 is 1.45 bits per heavy atom. The lowest BCUT2D eigenvalue weighted by molar-refractivity contribution is -0.660. The van der Waals surface area contributed by atoms with Crippen LogP contribution >= 0.6 is 0 Å². The number of rotatable bonds is 4.